The Bertz CT molecular complexity index is 228. The van der Waals surface area contributed by atoms with Crippen molar-refractivity contribution in [3.05, 3.63) is 5.82 Å². The van der Waals surface area contributed by atoms with Gasteiger partial charge in [0.25, 0.3) is 0 Å². The Morgan fingerprint density at radius 1 is 1.67 bits per heavy atom. The van der Waals surface area contributed by atoms with Crippen LogP contribution in [0.4, 0.5) is 0 Å². The summed E-state index contributed by atoms with van der Waals surface area (Å²) in [5.74, 6) is 1.63. The average Bonchev–Trinajstić information content (AvgIpc) is 2.74. The number of hydrogen-bond donors (Lipinski definition) is 2. The predicted octanol–water partition coefficient (Wildman–Crippen LogP) is 0.260. The first-order valence-electron chi connectivity index (χ1n) is 4.33. The number of hydrogen-bond acceptors (Lipinski definition) is 4. The predicted molar refractivity (Wildman–Crippen MR) is 43.3 cm³/mol. The Morgan fingerprint density at radius 2 is 2.50 bits per heavy atom. The van der Waals surface area contributed by atoms with Gasteiger partial charge in [0, 0.05) is 0 Å². The summed E-state index contributed by atoms with van der Waals surface area (Å²) in [6.07, 6.45) is 2.73. The highest BCUT2D eigenvalue weighted by molar-refractivity contribution is 4.87. The van der Waals surface area contributed by atoms with Gasteiger partial charge < -0.3 is 5.32 Å². The lowest BCUT2D eigenvalue weighted by atomic mass is 10.3. The van der Waals surface area contributed by atoms with Gasteiger partial charge in [-0.05, 0) is 32.2 Å². The largest absolute Gasteiger partial charge is 0.307 e. The van der Waals surface area contributed by atoms with Crippen LogP contribution in [0.15, 0.2) is 0 Å². The van der Waals surface area contributed by atoms with E-state index < -0.39 is 0 Å². The first-order chi connectivity index (χ1) is 5.86. The van der Waals surface area contributed by atoms with E-state index in [1.54, 1.807) is 0 Å². The van der Waals surface area contributed by atoms with Crippen LogP contribution in [0.25, 0.3) is 0 Å². The topological polar surface area (TPSA) is 66.5 Å². The van der Waals surface area contributed by atoms with Crippen molar-refractivity contribution < 1.29 is 0 Å². The Balaban J connectivity index is 1.79. The SMILES string of the molecule is CC(NCC1CC1)c1nn[nH]n1. The molecule has 2 N–H and O–H groups in total. The Hall–Kier alpha value is -0.970. The fourth-order valence-corrected chi connectivity index (χ4v) is 1.11. The maximum Gasteiger partial charge on any atom is 0.191 e. The van der Waals surface area contributed by atoms with Crippen molar-refractivity contribution >= 4 is 0 Å². The second kappa shape index (κ2) is 3.18. The summed E-state index contributed by atoms with van der Waals surface area (Å²) in [4.78, 5) is 0. The van der Waals surface area contributed by atoms with E-state index in [0.29, 0.717) is 0 Å². The third-order valence-electron chi connectivity index (χ3n) is 2.16. The molecule has 0 spiro atoms. The molecule has 0 saturated heterocycles. The van der Waals surface area contributed by atoms with E-state index in [4.69, 9.17) is 0 Å². The van der Waals surface area contributed by atoms with E-state index in [-0.39, 0.29) is 6.04 Å². The van der Waals surface area contributed by atoms with Crippen molar-refractivity contribution in [2.24, 2.45) is 5.92 Å². The van der Waals surface area contributed by atoms with Gasteiger partial charge >= 0.3 is 0 Å². The fourth-order valence-electron chi connectivity index (χ4n) is 1.11. The normalized spacial score (nSPS) is 19.4. The minimum atomic E-state index is 0.212. The van der Waals surface area contributed by atoms with Crippen molar-refractivity contribution in [3.63, 3.8) is 0 Å². The molecule has 1 aliphatic carbocycles. The molecule has 0 amide bonds. The van der Waals surface area contributed by atoms with E-state index in [0.717, 1.165) is 18.3 Å². The molecule has 1 aliphatic rings. The molecule has 1 saturated carbocycles. The molecule has 0 aromatic carbocycles. The Labute approximate surface area is 70.9 Å². The third-order valence-corrected chi connectivity index (χ3v) is 2.16. The van der Waals surface area contributed by atoms with E-state index in [9.17, 15) is 0 Å². The molecule has 2 rings (SSSR count). The van der Waals surface area contributed by atoms with Crippen LogP contribution in [0.3, 0.4) is 0 Å². The molecule has 1 aromatic heterocycles. The van der Waals surface area contributed by atoms with Gasteiger partial charge in [0.05, 0.1) is 6.04 Å². The molecule has 1 heterocycles. The highest BCUT2D eigenvalue weighted by Crippen LogP contribution is 2.28. The van der Waals surface area contributed by atoms with Crippen LogP contribution in [0.1, 0.15) is 31.6 Å². The van der Waals surface area contributed by atoms with Crippen LogP contribution in [0.5, 0.6) is 0 Å². The molecule has 66 valence electrons. The maximum absolute atomic E-state index is 3.90. The third kappa shape index (κ3) is 1.79. The highest BCUT2D eigenvalue weighted by Gasteiger charge is 2.22. The summed E-state index contributed by atoms with van der Waals surface area (Å²) in [5, 5.41) is 17.1. The summed E-state index contributed by atoms with van der Waals surface area (Å²) in [6.45, 7) is 3.13. The van der Waals surface area contributed by atoms with Crippen molar-refractivity contribution in [3.8, 4) is 0 Å². The molecular formula is C7H13N5. The summed E-state index contributed by atoms with van der Waals surface area (Å²) in [7, 11) is 0. The second-order valence-corrected chi connectivity index (χ2v) is 3.34. The molecule has 1 fully saturated rings. The van der Waals surface area contributed by atoms with Gasteiger partial charge in [0.1, 0.15) is 0 Å². The monoisotopic (exact) mass is 167 g/mol. The first-order valence-corrected chi connectivity index (χ1v) is 4.33. The smallest absolute Gasteiger partial charge is 0.191 e. The van der Waals surface area contributed by atoms with Crippen LogP contribution < -0.4 is 5.32 Å². The van der Waals surface area contributed by atoms with Gasteiger partial charge in [-0.2, -0.15) is 5.21 Å². The quantitative estimate of drug-likeness (QED) is 0.675. The maximum atomic E-state index is 3.90. The first kappa shape index (κ1) is 7.67. The zero-order valence-electron chi connectivity index (χ0n) is 7.12. The van der Waals surface area contributed by atoms with Crippen molar-refractivity contribution in [1.29, 1.82) is 0 Å². The van der Waals surface area contributed by atoms with Gasteiger partial charge in [0.2, 0.25) is 0 Å². The average molecular weight is 167 g/mol. The van der Waals surface area contributed by atoms with Crippen molar-refractivity contribution in [2.75, 3.05) is 6.54 Å². The van der Waals surface area contributed by atoms with Crippen LogP contribution in [-0.2, 0) is 0 Å². The van der Waals surface area contributed by atoms with E-state index in [2.05, 4.69) is 25.9 Å². The van der Waals surface area contributed by atoms with Gasteiger partial charge in [-0.15, -0.1) is 10.2 Å². The molecule has 1 aromatic rings. The van der Waals surface area contributed by atoms with E-state index in [1.807, 2.05) is 6.92 Å². The number of H-pyrrole nitrogens is 1. The fraction of sp³-hybridized carbons (Fsp3) is 0.857. The Morgan fingerprint density at radius 3 is 3.08 bits per heavy atom. The van der Waals surface area contributed by atoms with Gasteiger partial charge in [-0.1, -0.05) is 5.21 Å². The number of rotatable bonds is 4. The van der Waals surface area contributed by atoms with Crippen molar-refractivity contribution in [1.82, 2.24) is 25.9 Å². The highest BCUT2D eigenvalue weighted by atomic mass is 15.5. The summed E-state index contributed by atoms with van der Waals surface area (Å²) in [6, 6.07) is 0.212. The van der Waals surface area contributed by atoms with E-state index >= 15 is 0 Å². The molecule has 0 radical (unpaired) electrons. The molecule has 12 heavy (non-hydrogen) atoms. The lowest BCUT2D eigenvalue weighted by Crippen LogP contribution is -2.22. The van der Waals surface area contributed by atoms with Crippen LogP contribution in [0.2, 0.25) is 0 Å². The number of nitrogens with zero attached hydrogens (tertiary/aromatic N) is 3. The van der Waals surface area contributed by atoms with Gasteiger partial charge in [-0.3, -0.25) is 0 Å². The standard InChI is InChI=1S/C7H13N5/c1-5(7-9-11-12-10-7)8-4-6-2-3-6/h5-6,8H,2-4H2,1H3,(H,9,10,11,12). The van der Waals surface area contributed by atoms with Crippen molar-refractivity contribution in [2.45, 2.75) is 25.8 Å². The van der Waals surface area contributed by atoms with E-state index in [1.165, 1.54) is 12.8 Å². The zero-order chi connectivity index (χ0) is 8.39. The summed E-state index contributed by atoms with van der Waals surface area (Å²) < 4.78 is 0. The van der Waals surface area contributed by atoms with Crippen LogP contribution in [-0.4, -0.2) is 27.2 Å². The summed E-state index contributed by atoms with van der Waals surface area (Å²) in [5.41, 5.74) is 0. The van der Waals surface area contributed by atoms with Gasteiger partial charge in [0.15, 0.2) is 5.82 Å². The molecule has 1 atom stereocenters. The second-order valence-electron chi connectivity index (χ2n) is 3.34. The lowest BCUT2D eigenvalue weighted by molar-refractivity contribution is 0.526. The number of aromatic amines is 1. The molecule has 1 unspecified atom stereocenters. The molecule has 0 bridgehead atoms. The minimum Gasteiger partial charge on any atom is -0.307 e. The molecule has 5 nitrogen and oxygen atoms in total. The molecular weight excluding hydrogens is 154 g/mol. The number of nitrogens with one attached hydrogen (secondary N) is 2. The number of aromatic nitrogens is 4. The molecule has 0 aliphatic heterocycles. The van der Waals surface area contributed by atoms with Crippen LogP contribution in [0, 0.1) is 5.92 Å². The van der Waals surface area contributed by atoms with Gasteiger partial charge in [-0.25, -0.2) is 0 Å². The minimum absolute atomic E-state index is 0.212. The van der Waals surface area contributed by atoms with Crippen LogP contribution >= 0.6 is 0 Å². The number of tetrazole rings is 1. The summed E-state index contributed by atoms with van der Waals surface area (Å²) >= 11 is 0. The molecule has 5 heteroatoms. The Kier molecular flexibility index (Phi) is 2.03. The zero-order valence-corrected chi connectivity index (χ0v) is 7.12. The lowest BCUT2D eigenvalue weighted by Gasteiger charge is -2.07.